The second-order valence-corrected chi connectivity index (χ2v) is 5.12. The van der Waals surface area contributed by atoms with Crippen LogP contribution in [0.3, 0.4) is 0 Å². The zero-order valence-electron chi connectivity index (χ0n) is 10.3. The summed E-state index contributed by atoms with van der Waals surface area (Å²) in [5, 5.41) is 3.30. The van der Waals surface area contributed by atoms with Gasteiger partial charge in [-0.2, -0.15) is 0 Å². The molecule has 0 saturated carbocycles. The van der Waals surface area contributed by atoms with Crippen LogP contribution in [0.5, 0.6) is 11.5 Å². The highest BCUT2D eigenvalue weighted by atomic mass is 79.9. The van der Waals surface area contributed by atoms with Gasteiger partial charge in [0, 0.05) is 6.54 Å². The van der Waals surface area contributed by atoms with Gasteiger partial charge in [0.05, 0.1) is 6.54 Å². The Bertz CT molecular complexity index is 555. The molecule has 1 N–H and O–H groups in total. The highest BCUT2D eigenvalue weighted by Gasteiger charge is 2.19. The second kappa shape index (κ2) is 5.67. The molecule has 19 heavy (non-hydrogen) atoms. The third-order valence-electron chi connectivity index (χ3n) is 2.87. The predicted molar refractivity (Wildman–Crippen MR) is 74.5 cm³/mol. The minimum atomic E-state index is 0.0216. The molecule has 2 heterocycles. The van der Waals surface area contributed by atoms with Gasteiger partial charge in [0.15, 0.2) is 16.2 Å². The van der Waals surface area contributed by atoms with Crippen LogP contribution in [0.25, 0.3) is 0 Å². The van der Waals surface area contributed by atoms with Crippen molar-refractivity contribution in [1.29, 1.82) is 0 Å². The molecule has 0 radical (unpaired) electrons. The van der Waals surface area contributed by atoms with E-state index in [1.807, 2.05) is 36.4 Å². The van der Waals surface area contributed by atoms with E-state index >= 15 is 0 Å². The highest BCUT2D eigenvalue weighted by Crippen LogP contribution is 2.30. The van der Waals surface area contributed by atoms with Gasteiger partial charge < -0.3 is 19.2 Å². The summed E-state index contributed by atoms with van der Waals surface area (Å²) in [6.07, 6.45) is 0.0216. The number of furan rings is 1. The van der Waals surface area contributed by atoms with Crippen LogP contribution in [0.15, 0.2) is 45.5 Å². The van der Waals surface area contributed by atoms with E-state index in [0.717, 1.165) is 21.9 Å². The van der Waals surface area contributed by atoms with Crippen molar-refractivity contribution in [3.63, 3.8) is 0 Å². The largest absolute Gasteiger partial charge is 0.486 e. The van der Waals surface area contributed by atoms with Gasteiger partial charge in [-0.25, -0.2) is 0 Å². The Morgan fingerprint density at radius 3 is 2.79 bits per heavy atom. The number of halogens is 1. The van der Waals surface area contributed by atoms with Gasteiger partial charge in [-0.05, 0) is 40.2 Å². The van der Waals surface area contributed by atoms with Crippen LogP contribution in [-0.4, -0.2) is 19.3 Å². The van der Waals surface area contributed by atoms with E-state index in [9.17, 15) is 0 Å². The minimum Gasteiger partial charge on any atom is -0.486 e. The van der Waals surface area contributed by atoms with E-state index in [-0.39, 0.29) is 6.10 Å². The molecule has 1 aromatic heterocycles. The molecule has 0 aliphatic carbocycles. The number of ether oxygens (including phenoxy) is 2. The van der Waals surface area contributed by atoms with Gasteiger partial charge in [-0.1, -0.05) is 12.1 Å². The third-order valence-corrected chi connectivity index (χ3v) is 3.29. The number of hydrogen-bond acceptors (Lipinski definition) is 4. The Balaban J connectivity index is 1.50. The number of fused-ring (bicyclic) bond motifs is 1. The Morgan fingerprint density at radius 2 is 2.00 bits per heavy atom. The maximum atomic E-state index is 5.85. The lowest BCUT2D eigenvalue weighted by Crippen LogP contribution is -2.38. The zero-order valence-corrected chi connectivity index (χ0v) is 11.9. The molecule has 0 spiro atoms. The quantitative estimate of drug-likeness (QED) is 0.939. The lowest BCUT2D eigenvalue weighted by atomic mass is 10.2. The molecule has 0 saturated heterocycles. The first-order valence-electron chi connectivity index (χ1n) is 6.15. The molecule has 2 aromatic rings. The van der Waals surface area contributed by atoms with E-state index in [4.69, 9.17) is 13.9 Å². The zero-order chi connectivity index (χ0) is 13.1. The van der Waals surface area contributed by atoms with Crippen molar-refractivity contribution in [2.75, 3.05) is 13.2 Å². The summed E-state index contributed by atoms with van der Waals surface area (Å²) in [6.45, 7) is 1.95. The van der Waals surface area contributed by atoms with E-state index in [0.29, 0.717) is 19.7 Å². The first kappa shape index (κ1) is 12.6. The summed E-state index contributed by atoms with van der Waals surface area (Å²) in [4.78, 5) is 0. The molecular formula is C14H14BrNO3. The Kier molecular flexibility index (Phi) is 3.75. The number of rotatable bonds is 4. The molecular weight excluding hydrogens is 310 g/mol. The lowest BCUT2D eigenvalue weighted by molar-refractivity contribution is 0.0898. The summed E-state index contributed by atoms with van der Waals surface area (Å²) in [5.74, 6) is 2.51. The third kappa shape index (κ3) is 3.11. The summed E-state index contributed by atoms with van der Waals surface area (Å²) in [6, 6.07) is 11.5. The van der Waals surface area contributed by atoms with E-state index < -0.39 is 0 Å². The van der Waals surface area contributed by atoms with Crippen molar-refractivity contribution in [3.05, 3.63) is 46.8 Å². The normalized spacial score (nSPS) is 17.4. The van der Waals surface area contributed by atoms with Gasteiger partial charge in [-0.15, -0.1) is 0 Å². The molecule has 0 bridgehead atoms. The van der Waals surface area contributed by atoms with Crippen LogP contribution < -0.4 is 14.8 Å². The van der Waals surface area contributed by atoms with Crippen LogP contribution in [0.2, 0.25) is 0 Å². The summed E-state index contributed by atoms with van der Waals surface area (Å²) in [7, 11) is 0. The van der Waals surface area contributed by atoms with Crippen molar-refractivity contribution in [2.45, 2.75) is 12.6 Å². The van der Waals surface area contributed by atoms with Crippen molar-refractivity contribution >= 4 is 15.9 Å². The standard InChI is InChI=1S/C14H14BrNO3/c15-14-6-5-10(19-14)7-16-8-11-9-17-12-3-1-2-4-13(12)18-11/h1-6,11,16H,7-9H2. The number of hydrogen-bond donors (Lipinski definition) is 1. The SMILES string of the molecule is Brc1ccc(CNCC2COc3ccccc3O2)o1. The molecule has 1 aliphatic heterocycles. The monoisotopic (exact) mass is 323 g/mol. The Labute approximate surface area is 119 Å². The maximum Gasteiger partial charge on any atom is 0.169 e. The molecule has 1 unspecified atom stereocenters. The van der Waals surface area contributed by atoms with E-state index in [1.54, 1.807) is 0 Å². The Hall–Kier alpha value is -1.46. The summed E-state index contributed by atoms with van der Waals surface area (Å²) >= 11 is 3.28. The van der Waals surface area contributed by atoms with Gasteiger partial charge >= 0.3 is 0 Å². The van der Waals surface area contributed by atoms with Gasteiger partial charge in [0.25, 0.3) is 0 Å². The van der Waals surface area contributed by atoms with Crippen molar-refractivity contribution in [1.82, 2.24) is 5.32 Å². The first-order chi connectivity index (χ1) is 9.31. The fourth-order valence-corrected chi connectivity index (χ4v) is 2.31. The van der Waals surface area contributed by atoms with Crippen molar-refractivity contribution in [3.8, 4) is 11.5 Å². The average molecular weight is 324 g/mol. The smallest absolute Gasteiger partial charge is 0.169 e. The van der Waals surface area contributed by atoms with Crippen LogP contribution >= 0.6 is 15.9 Å². The minimum absolute atomic E-state index is 0.0216. The number of para-hydroxylation sites is 2. The van der Waals surface area contributed by atoms with Gasteiger partial charge in [0.1, 0.15) is 18.5 Å². The van der Waals surface area contributed by atoms with E-state index in [2.05, 4.69) is 21.2 Å². The second-order valence-electron chi connectivity index (χ2n) is 4.33. The molecule has 4 nitrogen and oxygen atoms in total. The average Bonchev–Trinajstić information content (AvgIpc) is 2.84. The summed E-state index contributed by atoms with van der Waals surface area (Å²) in [5.41, 5.74) is 0. The number of benzene rings is 1. The van der Waals surface area contributed by atoms with Gasteiger partial charge in [0.2, 0.25) is 0 Å². The first-order valence-corrected chi connectivity index (χ1v) is 6.94. The molecule has 0 fully saturated rings. The van der Waals surface area contributed by atoms with Crippen LogP contribution in [-0.2, 0) is 6.54 Å². The van der Waals surface area contributed by atoms with Crippen LogP contribution in [0, 0.1) is 0 Å². The van der Waals surface area contributed by atoms with Crippen LogP contribution in [0.4, 0.5) is 0 Å². The van der Waals surface area contributed by atoms with Crippen molar-refractivity contribution in [2.24, 2.45) is 0 Å². The Morgan fingerprint density at radius 1 is 1.16 bits per heavy atom. The highest BCUT2D eigenvalue weighted by molar-refractivity contribution is 9.10. The van der Waals surface area contributed by atoms with E-state index in [1.165, 1.54) is 0 Å². The lowest BCUT2D eigenvalue weighted by Gasteiger charge is -2.26. The molecule has 5 heteroatoms. The topological polar surface area (TPSA) is 43.6 Å². The molecule has 1 atom stereocenters. The maximum absolute atomic E-state index is 5.85. The number of nitrogens with one attached hydrogen (secondary N) is 1. The summed E-state index contributed by atoms with van der Waals surface area (Å²) < 4.78 is 17.7. The molecule has 1 aromatic carbocycles. The van der Waals surface area contributed by atoms with Gasteiger partial charge in [-0.3, -0.25) is 0 Å². The fourth-order valence-electron chi connectivity index (χ4n) is 1.97. The predicted octanol–water partition coefficient (Wildman–Crippen LogP) is 2.97. The van der Waals surface area contributed by atoms with Crippen molar-refractivity contribution < 1.29 is 13.9 Å². The molecule has 3 rings (SSSR count). The fraction of sp³-hybridized carbons (Fsp3) is 0.286. The molecule has 100 valence electrons. The molecule has 0 amide bonds. The van der Waals surface area contributed by atoms with Crippen LogP contribution in [0.1, 0.15) is 5.76 Å². The molecule has 1 aliphatic rings.